The molecular formula is C20H21N5O5. The molecule has 3 N–H and O–H groups in total. The number of hydrogen-bond acceptors (Lipinski definition) is 8. The van der Waals surface area contributed by atoms with Gasteiger partial charge in [0.1, 0.15) is 24.6 Å². The summed E-state index contributed by atoms with van der Waals surface area (Å²) in [6.45, 7) is 3.44. The van der Waals surface area contributed by atoms with Crippen LogP contribution in [0.5, 0.6) is 0 Å². The molecule has 3 aromatic rings. The van der Waals surface area contributed by atoms with Crippen molar-refractivity contribution in [3.05, 3.63) is 61.2 Å². The van der Waals surface area contributed by atoms with Gasteiger partial charge in [-0.1, -0.05) is 24.3 Å². The smallest absolute Gasteiger partial charge is 0.256 e. The van der Waals surface area contributed by atoms with Gasteiger partial charge in [0.2, 0.25) is 0 Å². The number of ether oxygens (including phenoxy) is 2. The van der Waals surface area contributed by atoms with E-state index in [4.69, 9.17) is 9.47 Å². The van der Waals surface area contributed by atoms with Gasteiger partial charge in [-0.25, -0.2) is 15.0 Å². The lowest BCUT2D eigenvalue weighted by Gasteiger charge is -2.21. The maximum absolute atomic E-state index is 12.5. The van der Waals surface area contributed by atoms with Crippen LogP contribution in [0.4, 0.5) is 5.82 Å². The van der Waals surface area contributed by atoms with Crippen molar-refractivity contribution in [3.8, 4) is 0 Å². The number of aliphatic hydroxyl groups is 2. The summed E-state index contributed by atoms with van der Waals surface area (Å²) in [5, 5.41) is 22.7. The fraction of sp³-hybridized carbons (Fsp3) is 0.300. The molecule has 1 amide bonds. The average molecular weight is 411 g/mol. The highest BCUT2D eigenvalue weighted by atomic mass is 16.6. The van der Waals surface area contributed by atoms with Crippen molar-refractivity contribution in [2.45, 2.75) is 24.5 Å². The second-order valence-corrected chi connectivity index (χ2v) is 6.69. The molecule has 10 nitrogen and oxygen atoms in total. The van der Waals surface area contributed by atoms with Crippen LogP contribution < -0.4 is 5.32 Å². The molecule has 1 aliphatic heterocycles. The normalized spacial score (nSPS) is 23.5. The number of anilines is 1. The third kappa shape index (κ3) is 3.68. The molecule has 1 saturated heterocycles. The largest absolute Gasteiger partial charge is 0.394 e. The maximum Gasteiger partial charge on any atom is 0.256 e. The summed E-state index contributed by atoms with van der Waals surface area (Å²) >= 11 is 0. The zero-order valence-corrected chi connectivity index (χ0v) is 16.0. The predicted molar refractivity (Wildman–Crippen MR) is 107 cm³/mol. The highest BCUT2D eigenvalue weighted by Gasteiger charge is 2.45. The summed E-state index contributed by atoms with van der Waals surface area (Å²) < 4.78 is 13.0. The van der Waals surface area contributed by atoms with Gasteiger partial charge in [0.05, 0.1) is 19.5 Å². The van der Waals surface area contributed by atoms with Crippen LogP contribution in [0.15, 0.2) is 55.6 Å². The van der Waals surface area contributed by atoms with Crippen LogP contribution in [0, 0.1) is 0 Å². The highest BCUT2D eigenvalue weighted by molar-refractivity contribution is 6.06. The van der Waals surface area contributed by atoms with E-state index in [0.717, 1.165) is 0 Å². The van der Waals surface area contributed by atoms with Crippen molar-refractivity contribution >= 4 is 22.9 Å². The van der Waals surface area contributed by atoms with Crippen LogP contribution in [0.3, 0.4) is 0 Å². The SMILES string of the molecule is C=CCOC1C(O)[C@@H](CO)O[C@H]1n1cnc2c(NC(=O)c3ccccc3)ncnc21. The molecule has 0 bridgehead atoms. The van der Waals surface area contributed by atoms with Crippen LogP contribution in [-0.4, -0.2) is 67.2 Å². The molecule has 0 saturated carbocycles. The van der Waals surface area contributed by atoms with E-state index in [-0.39, 0.29) is 24.9 Å². The number of aliphatic hydroxyl groups excluding tert-OH is 2. The minimum Gasteiger partial charge on any atom is -0.394 e. The van der Waals surface area contributed by atoms with Crippen molar-refractivity contribution in [1.29, 1.82) is 0 Å². The molecule has 1 aromatic carbocycles. The van der Waals surface area contributed by atoms with Crippen molar-refractivity contribution in [2.75, 3.05) is 18.5 Å². The Morgan fingerprint density at radius 2 is 2.10 bits per heavy atom. The number of fused-ring (bicyclic) bond motifs is 1. The van der Waals surface area contributed by atoms with E-state index in [0.29, 0.717) is 16.7 Å². The number of amides is 1. The zero-order chi connectivity index (χ0) is 21.1. The Morgan fingerprint density at radius 1 is 1.30 bits per heavy atom. The molecule has 0 spiro atoms. The molecule has 30 heavy (non-hydrogen) atoms. The highest BCUT2D eigenvalue weighted by Crippen LogP contribution is 2.34. The van der Waals surface area contributed by atoms with Crippen molar-refractivity contribution in [3.63, 3.8) is 0 Å². The molecule has 4 atom stereocenters. The van der Waals surface area contributed by atoms with Crippen LogP contribution >= 0.6 is 0 Å². The van der Waals surface area contributed by atoms with Crippen LogP contribution in [-0.2, 0) is 9.47 Å². The lowest BCUT2D eigenvalue weighted by Crippen LogP contribution is -2.35. The number of aromatic nitrogens is 4. The molecule has 1 aliphatic rings. The van der Waals surface area contributed by atoms with Crippen LogP contribution in [0.2, 0.25) is 0 Å². The summed E-state index contributed by atoms with van der Waals surface area (Å²) in [6.07, 6.45) is 0.915. The number of benzene rings is 1. The number of hydrogen-bond donors (Lipinski definition) is 3. The third-order valence-electron chi connectivity index (χ3n) is 4.80. The van der Waals surface area contributed by atoms with Crippen molar-refractivity contribution in [2.24, 2.45) is 0 Å². The van der Waals surface area contributed by atoms with Gasteiger partial charge in [0.15, 0.2) is 23.2 Å². The lowest BCUT2D eigenvalue weighted by atomic mass is 10.1. The zero-order valence-electron chi connectivity index (χ0n) is 16.0. The molecular weight excluding hydrogens is 390 g/mol. The first-order valence-electron chi connectivity index (χ1n) is 9.35. The Hall–Kier alpha value is -3.18. The second-order valence-electron chi connectivity index (χ2n) is 6.69. The number of imidazole rings is 1. The lowest BCUT2D eigenvalue weighted by molar-refractivity contribution is -0.0645. The monoisotopic (exact) mass is 411 g/mol. The molecule has 2 aromatic heterocycles. The average Bonchev–Trinajstić information content (AvgIpc) is 3.34. The molecule has 10 heteroatoms. The predicted octanol–water partition coefficient (Wildman–Crippen LogP) is 0.900. The second kappa shape index (κ2) is 8.67. The Morgan fingerprint density at radius 3 is 2.83 bits per heavy atom. The third-order valence-corrected chi connectivity index (χ3v) is 4.80. The van der Waals surface area contributed by atoms with Crippen LogP contribution in [0.25, 0.3) is 11.2 Å². The molecule has 4 rings (SSSR count). The minimum atomic E-state index is -1.04. The molecule has 156 valence electrons. The van der Waals surface area contributed by atoms with Crippen molar-refractivity contribution < 1.29 is 24.5 Å². The Balaban J connectivity index is 1.65. The summed E-state index contributed by atoms with van der Waals surface area (Å²) in [5.41, 5.74) is 1.22. The fourth-order valence-electron chi connectivity index (χ4n) is 3.35. The van der Waals surface area contributed by atoms with Gasteiger partial charge in [-0.15, -0.1) is 6.58 Å². The fourth-order valence-corrected chi connectivity index (χ4v) is 3.35. The standard InChI is InChI=1S/C20H21N5O5/c1-2-8-29-16-15(27)13(9-26)30-20(16)25-11-23-14-17(21-10-22-18(14)25)24-19(28)12-6-4-3-5-7-12/h2-7,10-11,13,15-16,20,26-27H,1,8-9H2,(H,21,22,24,28)/t13-,15?,16?,20-/m1/s1. The molecule has 0 radical (unpaired) electrons. The van der Waals surface area contributed by atoms with Gasteiger partial charge in [-0.3, -0.25) is 9.36 Å². The van der Waals surface area contributed by atoms with Gasteiger partial charge in [0.25, 0.3) is 5.91 Å². The van der Waals surface area contributed by atoms with E-state index in [1.165, 1.54) is 12.7 Å². The molecule has 2 unspecified atom stereocenters. The Kier molecular flexibility index (Phi) is 5.81. The quantitative estimate of drug-likeness (QED) is 0.489. The van der Waals surface area contributed by atoms with E-state index in [2.05, 4.69) is 26.8 Å². The van der Waals surface area contributed by atoms with Crippen molar-refractivity contribution in [1.82, 2.24) is 19.5 Å². The number of rotatable bonds is 7. The van der Waals surface area contributed by atoms with E-state index >= 15 is 0 Å². The molecule has 0 aliphatic carbocycles. The van der Waals surface area contributed by atoms with Gasteiger partial charge < -0.3 is 25.0 Å². The van der Waals surface area contributed by atoms with E-state index in [1.807, 2.05) is 6.07 Å². The van der Waals surface area contributed by atoms with Crippen LogP contribution in [0.1, 0.15) is 16.6 Å². The van der Waals surface area contributed by atoms with E-state index in [9.17, 15) is 15.0 Å². The first kappa shape index (κ1) is 20.1. The summed E-state index contributed by atoms with van der Waals surface area (Å²) in [4.78, 5) is 25.2. The maximum atomic E-state index is 12.5. The minimum absolute atomic E-state index is 0.194. The topological polar surface area (TPSA) is 132 Å². The number of carbonyl (C=O) groups is 1. The summed E-state index contributed by atoms with van der Waals surface area (Å²) in [5.74, 6) is -0.0846. The van der Waals surface area contributed by atoms with E-state index in [1.54, 1.807) is 34.9 Å². The van der Waals surface area contributed by atoms with E-state index < -0.39 is 24.5 Å². The number of nitrogens with zero attached hydrogens (tertiary/aromatic N) is 4. The summed E-state index contributed by atoms with van der Waals surface area (Å²) in [6, 6.07) is 8.74. The Bertz CT molecular complexity index is 1040. The summed E-state index contributed by atoms with van der Waals surface area (Å²) in [7, 11) is 0. The molecule has 1 fully saturated rings. The number of nitrogens with one attached hydrogen (secondary N) is 1. The first-order chi connectivity index (χ1) is 14.6. The van der Waals surface area contributed by atoms with Gasteiger partial charge in [0, 0.05) is 5.56 Å². The van der Waals surface area contributed by atoms with Gasteiger partial charge in [-0.05, 0) is 12.1 Å². The first-order valence-corrected chi connectivity index (χ1v) is 9.35. The van der Waals surface area contributed by atoms with Gasteiger partial charge >= 0.3 is 0 Å². The molecule has 3 heterocycles. The Labute approximate surface area is 171 Å². The number of carbonyl (C=O) groups excluding carboxylic acids is 1. The van der Waals surface area contributed by atoms with Gasteiger partial charge in [-0.2, -0.15) is 0 Å².